The fraction of sp³-hybridized carbons (Fsp3) is 0.600. The molecule has 0 aromatic heterocycles. The molecule has 0 nitrogen and oxygen atoms in total. The zero-order chi connectivity index (χ0) is 21.1. The quantitative estimate of drug-likeness (QED) is 0.170. The van der Waals surface area contributed by atoms with E-state index in [1.165, 1.54) is 125 Å². The molecule has 0 saturated carbocycles. The SMILES string of the molecule is CCCC/C=C/CCCCCCCCCCCCCCc1cccc2ccccc12. The standard InChI is InChI=1S/C30H46/c1-2-3-4-5-6-7-8-9-10-11-12-13-14-15-16-17-18-19-23-28-25-22-26-29-24-20-21-27-30(28)29/h5-6,20-22,24-27H,2-4,7-19,23H2,1H3/b6-5+. The molecule has 0 atom stereocenters. The molecule has 166 valence electrons. The lowest BCUT2D eigenvalue weighted by Crippen LogP contribution is -1.88. The van der Waals surface area contributed by atoms with Gasteiger partial charge in [0.15, 0.2) is 0 Å². The molecule has 30 heavy (non-hydrogen) atoms. The van der Waals surface area contributed by atoms with E-state index in [1.54, 1.807) is 0 Å². The van der Waals surface area contributed by atoms with Gasteiger partial charge >= 0.3 is 0 Å². The van der Waals surface area contributed by atoms with Crippen molar-refractivity contribution in [1.82, 2.24) is 0 Å². The van der Waals surface area contributed by atoms with Gasteiger partial charge in [-0.1, -0.05) is 139 Å². The van der Waals surface area contributed by atoms with Crippen molar-refractivity contribution in [1.29, 1.82) is 0 Å². The first-order valence-electron chi connectivity index (χ1n) is 13.0. The van der Waals surface area contributed by atoms with Gasteiger partial charge < -0.3 is 0 Å². The van der Waals surface area contributed by atoms with Gasteiger partial charge in [-0.3, -0.25) is 0 Å². The van der Waals surface area contributed by atoms with Crippen LogP contribution in [0.1, 0.15) is 115 Å². The highest BCUT2D eigenvalue weighted by atomic mass is 14.1. The molecule has 0 aliphatic rings. The molecule has 2 aromatic rings. The van der Waals surface area contributed by atoms with Crippen LogP contribution in [0.25, 0.3) is 10.8 Å². The second kappa shape index (κ2) is 17.2. The Balaban J connectivity index is 1.35. The number of hydrogen-bond donors (Lipinski definition) is 0. The van der Waals surface area contributed by atoms with Crippen molar-refractivity contribution in [3.05, 3.63) is 60.2 Å². The third-order valence-electron chi connectivity index (χ3n) is 6.34. The second-order valence-corrected chi connectivity index (χ2v) is 9.03. The van der Waals surface area contributed by atoms with Crippen molar-refractivity contribution < 1.29 is 0 Å². The van der Waals surface area contributed by atoms with E-state index >= 15 is 0 Å². The molecule has 0 aliphatic heterocycles. The van der Waals surface area contributed by atoms with Gasteiger partial charge in [0.2, 0.25) is 0 Å². The Labute approximate surface area is 187 Å². The van der Waals surface area contributed by atoms with Crippen LogP contribution in [0.4, 0.5) is 0 Å². The van der Waals surface area contributed by atoms with Crippen LogP contribution in [0.3, 0.4) is 0 Å². The Morgan fingerprint density at radius 1 is 0.533 bits per heavy atom. The van der Waals surface area contributed by atoms with Gasteiger partial charge in [0.1, 0.15) is 0 Å². The van der Waals surface area contributed by atoms with Gasteiger partial charge in [0.05, 0.1) is 0 Å². The number of allylic oxidation sites excluding steroid dienone is 2. The van der Waals surface area contributed by atoms with Crippen LogP contribution in [0.15, 0.2) is 54.6 Å². The minimum absolute atomic E-state index is 1.23. The molecule has 0 fully saturated rings. The first kappa shape index (κ1) is 24.7. The van der Waals surface area contributed by atoms with Crippen LogP contribution < -0.4 is 0 Å². The van der Waals surface area contributed by atoms with E-state index in [2.05, 4.69) is 61.5 Å². The lowest BCUT2D eigenvalue weighted by molar-refractivity contribution is 0.541. The molecule has 0 radical (unpaired) electrons. The topological polar surface area (TPSA) is 0 Å². The van der Waals surface area contributed by atoms with Crippen molar-refractivity contribution >= 4 is 10.8 Å². The summed E-state index contributed by atoms with van der Waals surface area (Å²) in [6.07, 6.45) is 28.3. The maximum absolute atomic E-state index is 2.40. The van der Waals surface area contributed by atoms with Crippen LogP contribution in [0, 0.1) is 0 Å². The zero-order valence-electron chi connectivity index (χ0n) is 19.7. The van der Waals surface area contributed by atoms with Crippen LogP contribution in [0.5, 0.6) is 0 Å². The van der Waals surface area contributed by atoms with E-state index in [0.29, 0.717) is 0 Å². The van der Waals surface area contributed by atoms with E-state index in [1.807, 2.05) is 0 Å². The van der Waals surface area contributed by atoms with Crippen LogP contribution >= 0.6 is 0 Å². The summed E-state index contributed by atoms with van der Waals surface area (Å²) in [6.45, 7) is 2.27. The highest BCUT2D eigenvalue weighted by Crippen LogP contribution is 2.21. The van der Waals surface area contributed by atoms with Crippen molar-refractivity contribution in [3.63, 3.8) is 0 Å². The number of benzene rings is 2. The number of hydrogen-bond acceptors (Lipinski definition) is 0. The van der Waals surface area contributed by atoms with Crippen LogP contribution in [-0.4, -0.2) is 0 Å². The van der Waals surface area contributed by atoms with E-state index in [4.69, 9.17) is 0 Å². The molecule has 2 rings (SSSR count). The van der Waals surface area contributed by atoms with E-state index in [-0.39, 0.29) is 0 Å². The normalized spacial score (nSPS) is 11.6. The minimum atomic E-state index is 1.23. The fourth-order valence-electron chi connectivity index (χ4n) is 4.41. The molecule has 0 saturated heterocycles. The summed E-state index contributed by atoms with van der Waals surface area (Å²) in [5.41, 5.74) is 1.53. The Hall–Kier alpha value is -1.56. The molecule has 0 N–H and O–H groups in total. The third-order valence-corrected chi connectivity index (χ3v) is 6.34. The lowest BCUT2D eigenvalue weighted by Gasteiger charge is -2.07. The average Bonchev–Trinajstić information content (AvgIpc) is 2.78. The van der Waals surface area contributed by atoms with Gasteiger partial charge in [-0.2, -0.15) is 0 Å². The van der Waals surface area contributed by atoms with Gasteiger partial charge in [0, 0.05) is 0 Å². The van der Waals surface area contributed by atoms with Gasteiger partial charge in [0.25, 0.3) is 0 Å². The predicted octanol–water partition coefficient (Wildman–Crippen LogP) is 10.2. The van der Waals surface area contributed by atoms with Crippen molar-refractivity contribution in [2.45, 2.75) is 116 Å². The first-order valence-corrected chi connectivity index (χ1v) is 13.0. The van der Waals surface area contributed by atoms with Crippen molar-refractivity contribution in [2.75, 3.05) is 0 Å². The Bertz CT molecular complexity index is 676. The Morgan fingerprint density at radius 2 is 1.07 bits per heavy atom. The molecule has 0 spiro atoms. The number of aryl methyl sites for hydroxylation is 1. The molecule has 2 aromatic carbocycles. The highest BCUT2D eigenvalue weighted by Gasteiger charge is 2.00. The monoisotopic (exact) mass is 406 g/mol. The highest BCUT2D eigenvalue weighted by molar-refractivity contribution is 5.85. The summed E-state index contributed by atoms with van der Waals surface area (Å²) < 4.78 is 0. The second-order valence-electron chi connectivity index (χ2n) is 9.03. The summed E-state index contributed by atoms with van der Waals surface area (Å²) in [5.74, 6) is 0. The third kappa shape index (κ3) is 11.0. The van der Waals surface area contributed by atoms with E-state index in [9.17, 15) is 0 Å². The molecule has 0 aliphatic carbocycles. The molecular weight excluding hydrogens is 360 g/mol. The Kier molecular flexibility index (Phi) is 14.1. The molecule has 0 bridgehead atoms. The van der Waals surface area contributed by atoms with E-state index < -0.39 is 0 Å². The molecule has 0 heterocycles. The van der Waals surface area contributed by atoms with E-state index in [0.717, 1.165) is 0 Å². The zero-order valence-corrected chi connectivity index (χ0v) is 19.7. The van der Waals surface area contributed by atoms with Gasteiger partial charge in [-0.15, -0.1) is 0 Å². The van der Waals surface area contributed by atoms with Gasteiger partial charge in [-0.05, 0) is 48.4 Å². The van der Waals surface area contributed by atoms with Crippen LogP contribution in [-0.2, 0) is 6.42 Å². The molecule has 0 heteroatoms. The number of unbranched alkanes of at least 4 members (excludes halogenated alkanes) is 14. The number of rotatable bonds is 18. The first-order chi connectivity index (χ1) is 14.9. The average molecular weight is 407 g/mol. The van der Waals surface area contributed by atoms with Crippen LogP contribution in [0.2, 0.25) is 0 Å². The Morgan fingerprint density at radius 3 is 1.73 bits per heavy atom. The summed E-state index contributed by atoms with van der Waals surface area (Å²) in [6, 6.07) is 15.6. The maximum atomic E-state index is 2.40. The summed E-state index contributed by atoms with van der Waals surface area (Å²) in [7, 11) is 0. The predicted molar refractivity (Wildman–Crippen MR) is 136 cm³/mol. The summed E-state index contributed by atoms with van der Waals surface area (Å²) in [5, 5.41) is 2.83. The van der Waals surface area contributed by atoms with Crippen molar-refractivity contribution in [2.24, 2.45) is 0 Å². The lowest BCUT2D eigenvalue weighted by atomic mass is 9.99. The summed E-state index contributed by atoms with van der Waals surface area (Å²) in [4.78, 5) is 0. The maximum Gasteiger partial charge on any atom is -0.0152 e. The smallest absolute Gasteiger partial charge is 0.0152 e. The van der Waals surface area contributed by atoms with Gasteiger partial charge in [-0.25, -0.2) is 0 Å². The minimum Gasteiger partial charge on any atom is -0.0885 e. The molecular formula is C30H46. The summed E-state index contributed by atoms with van der Waals surface area (Å²) >= 11 is 0. The molecule has 0 unspecified atom stereocenters. The number of fused-ring (bicyclic) bond motifs is 1. The largest absolute Gasteiger partial charge is 0.0885 e. The fourth-order valence-corrected chi connectivity index (χ4v) is 4.41. The van der Waals surface area contributed by atoms with Crippen molar-refractivity contribution in [3.8, 4) is 0 Å². The molecule has 0 amide bonds.